The third kappa shape index (κ3) is 2.76. The number of rotatable bonds is 5. The van der Waals surface area contributed by atoms with Crippen LogP contribution in [-0.4, -0.2) is 26.3 Å². The van der Waals surface area contributed by atoms with Crippen molar-refractivity contribution in [2.45, 2.75) is 32.7 Å². The molecular weight excluding hydrogens is 264 g/mol. The Morgan fingerprint density at radius 3 is 2.89 bits per heavy atom. The molecule has 0 aliphatic carbocycles. The molecule has 2 rings (SSSR count). The average Bonchev–Trinajstić information content (AvgIpc) is 2.95. The van der Waals surface area contributed by atoms with Crippen molar-refractivity contribution in [3.8, 4) is 0 Å². The molecule has 0 saturated carbocycles. The second-order valence-corrected chi connectivity index (χ2v) is 5.70. The van der Waals surface area contributed by atoms with E-state index in [4.69, 9.17) is 5.11 Å². The summed E-state index contributed by atoms with van der Waals surface area (Å²) in [4.78, 5) is 15.5. The van der Waals surface area contributed by atoms with Gasteiger partial charge in [-0.1, -0.05) is 0 Å². The SMILES string of the molecule is Cc1[nH]ncc1CNc1nc(C(C)(C)C(=O)O)cs1. The van der Waals surface area contributed by atoms with Crippen molar-refractivity contribution < 1.29 is 9.90 Å². The number of aryl methyl sites for hydroxylation is 1. The highest BCUT2D eigenvalue weighted by molar-refractivity contribution is 7.13. The van der Waals surface area contributed by atoms with Crippen LogP contribution in [0.25, 0.3) is 0 Å². The number of thiazole rings is 1. The molecular formula is C12H16N4O2S. The molecule has 2 heterocycles. The molecule has 0 unspecified atom stereocenters. The fourth-order valence-electron chi connectivity index (χ4n) is 1.48. The summed E-state index contributed by atoms with van der Waals surface area (Å²) in [5.41, 5.74) is 1.67. The van der Waals surface area contributed by atoms with Gasteiger partial charge in [0, 0.05) is 23.2 Å². The van der Waals surface area contributed by atoms with E-state index in [0.717, 1.165) is 11.3 Å². The van der Waals surface area contributed by atoms with Gasteiger partial charge in [0.05, 0.1) is 11.9 Å². The molecule has 0 radical (unpaired) electrons. The second-order valence-electron chi connectivity index (χ2n) is 4.84. The quantitative estimate of drug-likeness (QED) is 0.780. The van der Waals surface area contributed by atoms with E-state index in [-0.39, 0.29) is 0 Å². The lowest BCUT2D eigenvalue weighted by atomic mass is 9.90. The highest BCUT2D eigenvalue weighted by atomic mass is 32.1. The molecule has 0 bridgehead atoms. The van der Waals surface area contributed by atoms with Crippen molar-refractivity contribution in [1.29, 1.82) is 0 Å². The van der Waals surface area contributed by atoms with Gasteiger partial charge in [-0.2, -0.15) is 5.10 Å². The van der Waals surface area contributed by atoms with E-state index in [9.17, 15) is 4.79 Å². The molecule has 0 atom stereocenters. The standard InChI is InChI=1S/C12H16N4O2S/c1-7-8(5-14-16-7)4-13-11-15-9(6-19-11)12(2,3)10(17)18/h5-6H,4H2,1-3H3,(H,13,15)(H,14,16)(H,17,18). The number of hydrogen-bond donors (Lipinski definition) is 3. The van der Waals surface area contributed by atoms with E-state index >= 15 is 0 Å². The molecule has 0 fully saturated rings. The largest absolute Gasteiger partial charge is 0.481 e. The number of nitrogens with one attached hydrogen (secondary N) is 2. The minimum Gasteiger partial charge on any atom is -0.481 e. The Morgan fingerprint density at radius 2 is 2.32 bits per heavy atom. The van der Waals surface area contributed by atoms with Crippen molar-refractivity contribution >= 4 is 22.4 Å². The Hall–Kier alpha value is -1.89. The van der Waals surface area contributed by atoms with Gasteiger partial charge < -0.3 is 10.4 Å². The first-order chi connectivity index (χ1) is 8.91. The molecule has 7 heteroatoms. The Bertz CT molecular complexity index is 588. The van der Waals surface area contributed by atoms with Crippen LogP contribution in [0.5, 0.6) is 0 Å². The maximum Gasteiger partial charge on any atom is 0.315 e. The van der Waals surface area contributed by atoms with Gasteiger partial charge in [-0.05, 0) is 20.8 Å². The van der Waals surface area contributed by atoms with E-state index in [2.05, 4.69) is 20.5 Å². The predicted octanol–water partition coefficient (Wildman–Crippen LogP) is 2.15. The number of carboxylic acid groups (broad SMARTS) is 1. The summed E-state index contributed by atoms with van der Waals surface area (Å²) in [5.74, 6) is -0.880. The van der Waals surface area contributed by atoms with Gasteiger partial charge in [-0.25, -0.2) is 4.98 Å². The van der Waals surface area contributed by atoms with Crippen molar-refractivity contribution in [2.75, 3.05) is 5.32 Å². The average molecular weight is 280 g/mol. The summed E-state index contributed by atoms with van der Waals surface area (Å²) in [7, 11) is 0. The van der Waals surface area contributed by atoms with Crippen LogP contribution in [0.3, 0.4) is 0 Å². The third-order valence-corrected chi connectivity index (χ3v) is 3.84. The maximum atomic E-state index is 11.2. The van der Waals surface area contributed by atoms with Crippen LogP contribution in [0.1, 0.15) is 30.8 Å². The molecule has 0 spiro atoms. The molecule has 0 aliphatic rings. The van der Waals surface area contributed by atoms with E-state index in [1.807, 2.05) is 6.92 Å². The highest BCUT2D eigenvalue weighted by Gasteiger charge is 2.32. The Labute approximate surface area is 114 Å². The fourth-order valence-corrected chi connectivity index (χ4v) is 2.35. The highest BCUT2D eigenvalue weighted by Crippen LogP contribution is 2.27. The minimum atomic E-state index is -0.970. The fraction of sp³-hybridized carbons (Fsp3) is 0.417. The Balaban J connectivity index is 2.06. The van der Waals surface area contributed by atoms with Crippen LogP contribution in [-0.2, 0) is 16.8 Å². The lowest BCUT2D eigenvalue weighted by molar-refractivity contribution is -0.142. The van der Waals surface area contributed by atoms with Crippen LogP contribution >= 0.6 is 11.3 Å². The van der Waals surface area contributed by atoms with Crippen molar-refractivity contribution in [1.82, 2.24) is 15.2 Å². The Morgan fingerprint density at radius 1 is 1.58 bits per heavy atom. The molecule has 2 aromatic rings. The van der Waals surface area contributed by atoms with Gasteiger partial charge in [-0.3, -0.25) is 9.89 Å². The number of nitrogens with zero attached hydrogens (tertiary/aromatic N) is 2. The topological polar surface area (TPSA) is 90.9 Å². The first kappa shape index (κ1) is 13.5. The van der Waals surface area contributed by atoms with Gasteiger partial charge in [0.2, 0.25) is 0 Å². The number of carboxylic acids is 1. The molecule has 102 valence electrons. The molecule has 6 nitrogen and oxygen atoms in total. The van der Waals surface area contributed by atoms with Crippen LogP contribution in [0.15, 0.2) is 11.6 Å². The first-order valence-electron chi connectivity index (χ1n) is 5.83. The zero-order valence-electron chi connectivity index (χ0n) is 11.0. The first-order valence-corrected chi connectivity index (χ1v) is 6.71. The van der Waals surface area contributed by atoms with Gasteiger partial charge in [0.15, 0.2) is 5.13 Å². The summed E-state index contributed by atoms with van der Waals surface area (Å²) in [5, 5.41) is 21.6. The summed E-state index contributed by atoms with van der Waals surface area (Å²) in [6.45, 7) is 5.86. The summed E-state index contributed by atoms with van der Waals surface area (Å²) < 4.78 is 0. The van der Waals surface area contributed by atoms with E-state index in [0.29, 0.717) is 17.4 Å². The monoisotopic (exact) mass is 280 g/mol. The van der Waals surface area contributed by atoms with Gasteiger partial charge in [0.1, 0.15) is 5.41 Å². The number of anilines is 1. The van der Waals surface area contributed by atoms with E-state index in [1.165, 1.54) is 11.3 Å². The summed E-state index contributed by atoms with van der Waals surface area (Å²) in [6, 6.07) is 0. The van der Waals surface area contributed by atoms with Crippen LogP contribution in [0, 0.1) is 6.92 Å². The molecule has 0 saturated heterocycles. The van der Waals surface area contributed by atoms with Crippen LogP contribution in [0.2, 0.25) is 0 Å². The zero-order chi connectivity index (χ0) is 14.0. The van der Waals surface area contributed by atoms with E-state index in [1.54, 1.807) is 25.4 Å². The van der Waals surface area contributed by atoms with Crippen molar-refractivity contribution in [3.63, 3.8) is 0 Å². The lowest BCUT2D eigenvalue weighted by Gasteiger charge is -2.15. The Kier molecular flexibility index (Phi) is 3.57. The molecule has 19 heavy (non-hydrogen) atoms. The van der Waals surface area contributed by atoms with E-state index < -0.39 is 11.4 Å². The molecule has 3 N–H and O–H groups in total. The molecule has 2 aromatic heterocycles. The smallest absolute Gasteiger partial charge is 0.315 e. The minimum absolute atomic E-state index is 0.566. The molecule has 0 aliphatic heterocycles. The number of H-pyrrole nitrogens is 1. The van der Waals surface area contributed by atoms with Crippen LogP contribution in [0.4, 0.5) is 5.13 Å². The molecule has 0 amide bonds. The second kappa shape index (κ2) is 5.00. The molecule has 0 aromatic carbocycles. The lowest BCUT2D eigenvalue weighted by Crippen LogP contribution is -2.28. The van der Waals surface area contributed by atoms with Gasteiger partial charge in [-0.15, -0.1) is 11.3 Å². The third-order valence-electron chi connectivity index (χ3n) is 3.04. The summed E-state index contributed by atoms with van der Waals surface area (Å²) in [6.07, 6.45) is 1.76. The van der Waals surface area contributed by atoms with Crippen molar-refractivity contribution in [2.24, 2.45) is 0 Å². The number of aromatic nitrogens is 3. The summed E-state index contributed by atoms with van der Waals surface area (Å²) >= 11 is 1.41. The van der Waals surface area contributed by atoms with Crippen molar-refractivity contribution in [3.05, 3.63) is 28.5 Å². The maximum absolute atomic E-state index is 11.2. The van der Waals surface area contributed by atoms with Gasteiger partial charge in [0.25, 0.3) is 0 Å². The number of carbonyl (C=O) groups is 1. The normalized spacial score (nSPS) is 11.5. The van der Waals surface area contributed by atoms with Crippen LogP contribution < -0.4 is 5.32 Å². The number of hydrogen-bond acceptors (Lipinski definition) is 5. The number of aliphatic carboxylic acids is 1. The van der Waals surface area contributed by atoms with Gasteiger partial charge >= 0.3 is 5.97 Å². The predicted molar refractivity (Wildman–Crippen MR) is 73.4 cm³/mol. The number of aromatic amines is 1. The zero-order valence-corrected chi connectivity index (χ0v) is 11.8.